The van der Waals surface area contributed by atoms with Crippen molar-refractivity contribution in [1.82, 2.24) is 19.9 Å². The number of hydrogen-bond acceptors (Lipinski definition) is 5. The number of rotatable bonds is 4. The van der Waals surface area contributed by atoms with Crippen LogP contribution in [0.2, 0.25) is 0 Å². The smallest absolute Gasteiger partial charge is 0.132 e. The minimum atomic E-state index is 0.286. The van der Waals surface area contributed by atoms with E-state index in [1.165, 1.54) is 29.7 Å². The number of phenols is 1. The Bertz CT molecular complexity index is 968. The number of hydrogen-bond donors (Lipinski definition) is 1. The number of benzene rings is 1. The largest absolute Gasteiger partial charge is 0.508 e. The molecule has 142 valence electrons. The topological polar surface area (TPSA) is 62.1 Å². The maximum absolute atomic E-state index is 9.67. The van der Waals surface area contributed by atoms with Crippen LogP contribution in [0.3, 0.4) is 0 Å². The highest BCUT2D eigenvalue weighted by molar-refractivity contribution is 5.65. The Hall–Kier alpha value is -2.79. The van der Waals surface area contributed by atoms with Gasteiger partial charge in [-0.1, -0.05) is 6.07 Å². The first-order chi connectivity index (χ1) is 13.8. The van der Waals surface area contributed by atoms with E-state index in [0.717, 1.165) is 49.6 Å². The second-order valence-corrected chi connectivity index (χ2v) is 7.81. The third-order valence-corrected chi connectivity index (χ3v) is 5.67. The van der Waals surface area contributed by atoms with Gasteiger partial charge in [0.15, 0.2) is 0 Å². The van der Waals surface area contributed by atoms with Gasteiger partial charge in [0.05, 0.1) is 5.69 Å². The van der Waals surface area contributed by atoms with Crippen LogP contribution in [0, 0.1) is 0 Å². The van der Waals surface area contributed by atoms with E-state index in [4.69, 9.17) is 9.97 Å². The fraction of sp³-hybridized carbons (Fsp3) is 0.348. The van der Waals surface area contributed by atoms with Crippen molar-refractivity contribution in [2.75, 3.05) is 13.1 Å². The molecule has 0 amide bonds. The van der Waals surface area contributed by atoms with Gasteiger partial charge in [-0.3, -0.25) is 9.88 Å². The molecular formula is C23H24N4O. The molecule has 1 aliphatic heterocycles. The average molecular weight is 372 g/mol. The predicted octanol–water partition coefficient (Wildman–Crippen LogP) is 3.72. The van der Waals surface area contributed by atoms with Crippen LogP contribution in [0.1, 0.15) is 41.4 Å². The lowest BCUT2D eigenvalue weighted by molar-refractivity contribution is 0.278. The first-order valence-corrected chi connectivity index (χ1v) is 10.1. The standard InChI is InChI=1S/C23H24N4O/c28-19-7-5-17(6-8-19)22-20-9-12-27(15-16-2-1-11-24-14-16)13-10-21(20)25-23(26-22)18-3-4-18/h1-2,5-8,11,14,18,28H,3-4,9-10,12-13,15H2. The van der Waals surface area contributed by atoms with E-state index in [-0.39, 0.29) is 5.75 Å². The zero-order valence-corrected chi connectivity index (χ0v) is 15.9. The zero-order chi connectivity index (χ0) is 18.9. The van der Waals surface area contributed by atoms with E-state index in [1.54, 1.807) is 12.1 Å². The van der Waals surface area contributed by atoms with Gasteiger partial charge in [0.1, 0.15) is 11.6 Å². The lowest BCUT2D eigenvalue weighted by Gasteiger charge is -2.19. The summed E-state index contributed by atoms with van der Waals surface area (Å²) in [4.78, 5) is 16.7. The highest BCUT2D eigenvalue weighted by atomic mass is 16.3. The van der Waals surface area contributed by atoms with Crippen LogP contribution in [0.4, 0.5) is 0 Å². The molecule has 2 aromatic heterocycles. The Labute approximate surface area is 165 Å². The van der Waals surface area contributed by atoms with Gasteiger partial charge in [-0.05, 0) is 55.2 Å². The van der Waals surface area contributed by atoms with Crippen molar-refractivity contribution >= 4 is 0 Å². The summed E-state index contributed by atoms with van der Waals surface area (Å²) in [5, 5.41) is 9.67. The third-order valence-electron chi connectivity index (χ3n) is 5.67. The van der Waals surface area contributed by atoms with Crippen molar-refractivity contribution in [3.63, 3.8) is 0 Å². The summed E-state index contributed by atoms with van der Waals surface area (Å²) >= 11 is 0. The SMILES string of the molecule is Oc1ccc(-c2nc(C3CC3)nc3c2CCN(Cc2cccnc2)CC3)cc1. The van der Waals surface area contributed by atoms with E-state index < -0.39 is 0 Å². The minimum absolute atomic E-state index is 0.286. The van der Waals surface area contributed by atoms with Crippen LogP contribution >= 0.6 is 0 Å². The molecule has 1 aromatic carbocycles. The van der Waals surface area contributed by atoms with E-state index in [1.807, 2.05) is 30.6 Å². The number of fused-ring (bicyclic) bond motifs is 1. The Morgan fingerprint density at radius 3 is 2.57 bits per heavy atom. The summed E-state index contributed by atoms with van der Waals surface area (Å²) < 4.78 is 0. The number of aromatic hydroxyl groups is 1. The highest BCUT2D eigenvalue weighted by Gasteiger charge is 2.29. The van der Waals surface area contributed by atoms with Crippen molar-refractivity contribution < 1.29 is 5.11 Å². The van der Waals surface area contributed by atoms with E-state index in [0.29, 0.717) is 5.92 Å². The first-order valence-electron chi connectivity index (χ1n) is 10.1. The van der Waals surface area contributed by atoms with Crippen molar-refractivity contribution in [3.8, 4) is 17.0 Å². The molecule has 5 rings (SSSR count). The maximum Gasteiger partial charge on any atom is 0.132 e. The van der Waals surface area contributed by atoms with Gasteiger partial charge >= 0.3 is 0 Å². The van der Waals surface area contributed by atoms with Gasteiger partial charge in [0.25, 0.3) is 0 Å². The molecule has 0 unspecified atom stereocenters. The van der Waals surface area contributed by atoms with Gasteiger partial charge in [0, 0.05) is 61.2 Å². The summed E-state index contributed by atoms with van der Waals surface area (Å²) in [6.45, 7) is 2.90. The van der Waals surface area contributed by atoms with Crippen molar-refractivity contribution in [2.24, 2.45) is 0 Å². The molecule has 1 fully saturated rings. The molecule has 1 aliphatic carbocycles. The average Bonchev–Trinajstić information content (AvgIpc) is 3.57. The monoisotopic (exact) mass is 372 g/mol. The Morgan fingerprint density at radius 2 is 1.82 bits per heavy atom. The molecular weight excluding hydrogens is 348 g/mol. The van der Waals surface area contributed by atoms with Gasteiger partial charge < -0.3 is 5.11 Å². The zero-order valence-electron chi connectivity index (χ0n) is 15.9. The van der Waals surface area contributed by atoms with Crippen LogP contribution in [0.25, 0.3) is 11.3 Å². The maximum atomic E-state index is 9.67. The third kappa shape index (κ3) is 3.62. The highest BCUT2D eigenvalue weighted by Crippen LogP contribution is 2.40. The molecule has 1 N–H and O–H groups in total. The van der Waals surface area contributed by atoms with Crippen LogP contribution in [0.5, 0.6) is 5.75 Å². The molecule has 0 radical (unpaired) electrons. The van der Waals surface area contributed by atoms with Crippen LogP contribution in [0.15, 0.2) is 48.8 Å². The molecule has 5 nitrogen and oxygen atoms in total. The Kier molecular flexibility index (Phi) is 4.53. The number of nitrogens with zero attached hydrogens (tertiary/aromatic N) is 4. The minimum Gasteiger partial charge on any atom is -0.508 e. The first kappa shape index (κ1) is 17.3. The quantitative estimate of drug-likeness (QED) is 0.756. The Morgan fingerprint density at radius 1 is 1.00 bits per heavy atom. The molecule has 2 aliphatic rings. The fourth-order valence-corrected chi connectivity index (χ4v) is 3.95. The summed E-state index contributed by atoms with van der Waals surface area (Å²) in [5.74, 6) is 1.81. The van der Waals surface area contributed by atoms with E-state index >= 15 is 0 Å². The molecule has 1 saturated carbocycles. The molecule has 3 aromatic rings. The van der Waals surface area contributed by atoms with Crippen molar-refractivity contribution in [1.29, 1.82) is 0 Å². The lowest BCUT2D eigenvalue weighted by atomic mass is 10.0. The van der Waals surface area contributed by atoms with Gasteiger partial charge in [-0.25, -0.2) is 9.97 Å². The molecule has 0 atom stereocenters. The summed E-state index contributed by atoms with van der Waals surface area (Å²) in [7, 11) is 0. The number of aromatic nitrogens is 3. The molecule has 0 spiro atoms. The molecule has 3 heterocycles. The second kappa shape index (κ2) is 7.32. The van der Waals surface area contributed by atoms with Crippen LogP contribution in [-0.4, -0.2) is 38.0 Å². The van der Waals surface area contributed by atoms with Crippen molar-refractivity contribution in [2.45, 2.75) is 38.1 Å². The van der Waals surface area contributed by atoms with Crippen molar-refractivity contribution in [3.05, 3.63) is 71.4 Å². The summed E-state index contributed by atoms with van der Waals surface area (Å²) in [6, 6.07) is 11.5. The van der Waals surface area contributed by atoms with Crippen LogP contribution in [-0.2, 0) is 19.4 Å². The molecule has 0 saturated heterocycles. The normalized spacial score (nSPS) is 17.1. The van der Waals surface area contributed by atoms with E-state index in [9.17, 15) is 5.11 Å². The molecule has 0 bridgehead atoms. The van der Waals surface area contributed by atoms with Gasteiger partial charge in [0.2, 0.25) is 0 Å². The summed E-state index contributed by atoms with van der Waals surface area (Å²) in [6.07, 6.45) is 8.05. The predicted molar refractivity (Wildman–Crippen MR) is 108 cm³/mol. The summed E-state index contributed by atoms with van der Waals surface area (Å²) in [5.41, 5.74) is 5.84. The van der Waals surface area contributed by atoms with Crippen LogP contribution < -0.4 is 0 Å². The lowest BCUT2D eigenvalue weighted by Crippen LogP contribution is -2.26. The fourth-order valence-electron chi connectivity index (χ4n) is 3.95. The number of pyridine rings is 1. The van der Waals surface area contributed by atoms with Gasteiger partial charge in [-0.2, -0.15) is 0 Å². The second-order valence-electron chi connectivity index (χ2n) is 7.81. The van der Waals surface area contributed by atoms with Gasteiger partial charge in [-0.15, -0.1) is 0 Å². The molecule has 28 heavy (non-hydrogen) atoms. The van der Waals surface area contributed by atoms with E-state index in [2.05, 4.69) is 16.0 Å². The Balaban J connectivity index is 1.46. The number of phenolic OH excluding ortho intramolecular Hbond substituents is 1. The molecule has 5 heteroatoms.